The van der Waals surface area contributed by atoms with Crippen molar-refractivity contribution in [1.82, 2.24) is 0 Å². The van der Waals surface area contributed by atoms with Crippen LogP contribution in [0.4, 0.5) is 10.1 Å². The standard InChI is InChI=1S/C19H20ClFN4O/c1-5-16(21)10-24-14(4)26-11-18(12(2)23)13(3)25-17-7-6-15(9-22)19(20)8-17/h5-8,10H,4,11,23H2,1-3H3/b16-5+,18-12?,24-10?,25-13?. The highest BCUT2D eigenvalue weighted by Gasteiger charge is 2.08. The summed E-state index contributed by atoms with van der Waals surface area (Å²) in [6, 6.07) is 6.86. The van der Waals surface area contributed by atoms with Crippen molar-refractivity contribution in [2.45, 2.75) is 20.8 Å². The van der Waals surface area contributed by atoms with Gasteiger partial charge in [-0.1, -0.05) is 17.7 Å². The molecule has 0 bridgehead atoms. The van der Waals surface area contributed by atoms with E-state index in [4.69, 9.17) is 27.3 Å². The van der Waals surface area contributed by atoms with Gasteiger partial charge in [-0.25, -0.2) is 9.38 Å². The van der Waals surface area contributed by atoms with Crippen molar-refractivity contribution in [3.05, 3.63) is 64.4 Å². The number of aliphatic imine (C=N–C) groups is 2. The summed E-state index contributed by atoms with van der Waals surface area (Å²) < 4.78 is 18.4. The van der Waals surface area contributed by atoms with Crippen LogP contribution in [0.3, 0.4) is 0 Å². The highest BCUT2D eigenvalue weighted by atomic mass is 35.5. The minimum Gasteiger partial charge on any atom is -0.473 e. The number of hydrogen-bond donors (Lipinski definition) is 1. The van der Waals surface area contributed by atoms with Gasteiger partial charge in [-0.15, -0.1) is 0 Å². The zero-order valence-corrected chi connectivity index (χ0v) is 15.6. The van der Waals surface area contributed by atoms with Gasteiger partial charge >= 0.3 is 0 Å². The monoisotopic (exact) mass is 374 g/mol. The number of ether oxygens (including phenoxy) is 1. The maximum Gasteiger partial charge on any atom is 0.206 e. The van der Waals surface area contributed by atoms with Gasteiger partial charge in [0.1, 0.15) is 18.5 Å². The Morgan fingerprint density at radius 3 is 2.69 bits per heavy atom. The molecule has 7 heteroatoms. The van der Waals surface area contributed by atoms with Crippen LogP contribution in [0.2, 0.25) is 5.02 Å². The normalized spacial score (nSPS) is 13.4. The summed E-state index contributed by atoms with van der Waals surface area (Å²) >= 11 is 6.01. The number of hydrogen-bond acceptors (Lipinski definition) is 5. The SMILES string of the molecule is C=C(N=C/C(F)=C\C)OCC(C(C)=Nc1ccc(C#N)c(Cl)c1)=C(C)N. The minimum absolute atomic E-state index is 0.0509. The lowest BCUT2D eigenvalue weighted by Crippen LogP contribution is -2.12. The maximum atomic E-state index is 13.0. The summed E-state index contributed by atoms with van der Waals surface area (Å²) in [6.45, 7) is 8.72. The van der Waals surface area contributed by atoms with E-state index in [1.807, 2.05) is 6.07 Å². The fourth-order valence-electron chi connectivity index (χ4n) is 1.83. The zero-order valence-electron chi connectivity index (χ0n) is 14.9. The van der Waals surface area contributed by atoms with Crippen LogP contribution in [-0.2, 0) is 4.74 Å². The molecule has 0 heterocycles. The summed E-state index contributed by atoms with van der Waals surface area (Å²) in [5.41, 5.74) is 8.64. The molecule has 2 N–H and O–H groups in total. The van der Waals surface area contributed by atoms with Crippen molar-refractivity contribution in [3.63, 3.8) is 0 Å². The van der Waals surface area contributed by atoms with Gasteiger partial charge in [0, 0.05) is 17.0 Å². The number of benzene rings is 1. The number of nitrogens with zero attached hydrogens (tertiary/aromatic N) is 3. The molecule has 26 heavy (non-hydrogen) atoms. The van der Waals surface area contributed by atoms with Gasteiger partial charge < -0.3 is 10.5 Å². The Hall–Kier alpha value is -2.91. The molecule has 0 aliphatic rings. The number of halogens is 2. The largest absolute Gasteiger partial charge is 0.473 e. The van der Waals surface area contributed by atoms with Gasteiger partial charge in [0.05, 0.1) is 22.5 Å². The van der Waals surface area contributed by atoms with E-state index >= 15 is 0 Å². The molecule has 0 saturated heterocycles. The summed E-state index contributed by atoms with van der Waals surface area (Å²) in [6.07, 6.45) is 2.28. The van der Waals surface area contributed by atoms with E-state index < -0.39 is 5.83 Å². The molecular formula is C19H20ClFN4O. The van der Waals surface area contributed by atoms with Crippen molar-refractivity contribution in [2.24, 2.45) is 15.7 Å². The van der Waals surface area contributed by atoms with Gasteiger partial charge in [0.2, 0.25) is 5.88 Å². The first-order valence-corrected chi connectivity index (χ1v) is 8.04. The van der Waals surface area contributed by atoms with Gasteiger partial charge in [-0.3, -0.25) is 4.99 Å². The molecule has 0 fully saturated rings. The second-order valence-corrected chi connectivity index (χ2v) is 5.66. The molecule has 1 rings (SSSR count). The fraction of sp³-hybridized carbons (Fsp3) is 0.211. The molecular weight excluding hydrogens is 355 g/mol. The number of nitrogens with two attached hydrogens (primary N) is 1. The molecule has 0 unspecified atom stereocenters. The van der Waals surface area contributed by atoms with Crippen LogP contribution in [0.5, 0.6) is 0 Å². The molecule has 1 aromatic carbocycles. The third-order valence-electron chi connectivity index (χ3n) is 3.27. The number of nitriles is 1. The van der Waals surface area contributed by atoms with E-state index in [-0.39, 0.29) is 12.5 Å². The van der Waals surface area contributed by atoms with E-state index in [1.54, 1.807) is 39.0 Å². The predicted molar refractivity (Wildman–Crippen MR) is 104 cm³/mol. The van der Waals surface area contributed by atoms with Crippen molar-refractivity contribution < 1.29 is 9.13 Å². The maximum absolute atomic E-state index is 13.0. The van der Waals surface area contributed by atoms with Gasteiger partial charge in [-0.05, 0) is 45.5 Å². The molecule has 0 aromatic heterocycles. The van der Waals surface area contributed by atoms with Crippen LogP contribution in [0.1, 0.15) is 26.3 Å². The Labute approximate surface area is 157 Å². The van der Waals surface area contributed by atoms with Crippen LogP contribution >= 0.6 is 11.6 Å². The van der Waals surface area contributed by atoms with E-state index in [9.17, 15) is 4.39 Å². The van der Waals surface area contributed by atoms with Gasteiger partial charge in [0.25, 0.3) is 0 Å². The average Bonchev–Trinajstić information content (AvgIpc) is 2.59. The molecule has 5 nitrogen and oxygen atoms in total. The fourth-order valence-corrected chi connectivity index (χ4v) is 2.05. The summed E-state index contributed by atoms with van der Waals surface area (Å²) in [4.78, 5) is 8.21. The van der Waals surface area contributed by atoms with Crippen LogP contribution in [0.15, 0.2) is 63.8 Å². The predicted octanol–water partition coefficient (Wildman–Crippen LogP) is 4.97. The first-order chi connectivity index (χ1) is 12.3. The number of allylic oxidation sites excluding steroid dienone is 3. The van der Waals surface area contributed by atoms with E-state index in [2.05, 4.69) is 16.6 Å². The van der Waals surface area contributed by atoms with Crippen molar-refractivity contribution in [3.8, 4) is 6.07 Å². The van der Waals surface area contributed by atoms with Crippen molar-refractivity contribution in [1.29, 1.82) is 5.26 Å². The highest BCUT2D eigenvalue weighted by Crippen LogP contribution is 2.23. The van der Waals surface area contributed by atoms with Crippen molar-refractivity contribution >= 4 is 29.2 Å². The zero-order chi connectivity index (χ0) is 19.7. The van der Waals surface area contributed by atoms with E-state index in [0.717, 1.165) is 6.21 Å². The van der Waals surface area contributed by atoms with Crippen LogP contribution in [-0.4, -0.2) is 18.5 Å². The third kappa shape index (κ3) is 6.54. The van der Waals surface area contributed by atoms with Crippen LogP contribution in [0.25, 0.3) is 0 Å². The molecule has 1 aromatic rings. The molecule has 0 aliphatic heterocycles. The summed E-state index contributed by atoms with van der Waals surface area (Å²) in [5.74, 6) is -0.439. The first-order valence-electron chi connectivity index (χ1n) is 7.66. The van der Waals surface area contributed by atoms with Crippen molar-refractivity contribution in [2.75, 3.05) is 6.61 Å². The summed E-state index contributed by atoms with van der Waals surface area (Å²) in [7, 11) is 0. The smallest absolute Gasteiger partial charge is 0.206 e. The highest BCUT2D eigenvalue weighted by molar-refractivity contribution is 6.32. The molecule has 0 saturated carbocycles. The second kappa shape index (κ2) is 10.2. The van der Waals surface area contributed by atoms with Crippen LogP contribution in [0, 0.1) is 11.3 Å². The third-order valence-corrected chi connectivity index (χ3v) is 3.59. The quantitative estimate of drug-likeness (QED) is 0.540. The number of rotatable bonds is 7. The van der Waals surface area contributed by atoms with E-state index in [1.165, 1.54) is 6.08 Å². The molecule has 0 radical (unpaired) electrons. The Kier molecular flexibility index (Phi) is 8.26. The lowest BCUT2D eigenvalue weighted by molar-refractivity contribution is 0.242. The molecule has 0 spiro atoms. The molecule has 0 atom stereocenters. The minimum atomic E-state index is -0.490. The Balaban J connectivity index is 2.92. The molecule has 0 amide bonds. The Morgan fingerprint density at radius 2 is 2.15 bits per heavy atom. The van der Waals surface area contributed by atoms with Gasteiger partial charge in [0.15, 0.2) is 0 Å². The lowest BCUT2D eigenvalue weighted by atomic mass is 10.1. The summed E-state index contributed by atoms with van der Waals surface area (Å²) in [5, 5.41) is 9.23. The van der Waals surface area contributed by atoms with Gasteiger partial charge in [-0.2, -0.15) is 5.26 Å². The molecule has 0 aliphatic carbocycles. The first kappa shape index (κ1) is 21.1. The van der Waals surface area contributed by atoms with E-state index in [0.29, 0.717) is 33.3 Å². The Bertz CT molecular complexity index is 844. The van der Waals surface area contributed by atoms with Crippen LogP contribution < -0.4 is 5.73 Å². The average molecular weight is 375 g/mol. The second-order valence-electron chi connectivity index (χ2n) is 5.25. The molecule has 136 valence electrons. The Morgan fingerprint density at radius 1 is 1.46 bits per heavy atom. The topological polar surface area (TPSA) is 83.8 Å². The lowest BCUT2D eigenvalue weighted by Gasteiger charge is -2.11.